The Balaban J connectivity index is 2.05. The molecule has 0 unspecified atom stereocenters. The Labute approximate surface area is 122 Å². The maximum atomic E-state index is 12.6. The van der Waals surface area contributed by atoms with E-state index in [0.29, 0.717) is 32.0 Å². The molecule has 0 spiro atoms. The molecule has 2 fully saturated rings. The smallest absolute Gasteiger partial charge is 0.243 e. The minimum Gasteiger partial charge on any atom is -0.341 e. The van der Waals surface area contributed by atoms with E-state index in [0.717, 1.165) is 12.8 Å². The second-order valence-electron chi connectivity index (χ2n) is 6.74. The van der Waals surface area contributed by atoms with Crippen LogP contribution < -0.4 is 0 Å². The van der Waals surface area contributed by atoms with Crippen molar-refractivity contribution in [2.75, 3.05) is 27.2 Å². The summed E-state index contributed by atoms with van der Waals surface area (Å²) in [6, 6.07) is 0.488. The highest BCUT2D eigenvalue weighted by atomic mass is 32.2. The minimum atomic E-state index is -3.35. The van der Waals surface area contributed by atoms with Gasteiger partial charge in [0.2, 0.25) is 5.91 Å². The van der Waals surface area contributed by atoms with E-state index in [9.17, 15) is 13.2 Å². The normalized spacial score (nSPS) is 22.4. The number of carbonyl (C=O) groups is 1. The fourth-order valence-corrected chi connectivity index (χ4v) is 4.85. The van der Waals surface area contributed by atoms with Gasteiger partial charge in [0.15, 0.2) is 9.84 Å². The molecule has 0 radical (unpaired) electrons. The number of hydrogen-bond donors (Lipinski definition) is 0. The Hall–Kier alpha value is -0.620. The Kier molecular flexibility index (Phi) is 4.17. The predicted octanol–water partition coefficient (Wildman–Crippen LogP) is 0.895. The van der Waals surface area contributed by atoms with Crippen molar-refractivity contribution < 1.29 is 13.2 Å². The number of piperidine rings is 1. The van der Waals surface area contributed by atoms with Gasteiger partial charge < -0.3 is 9.80 Å². The number of nitrogens with zero attached hydrogens (tertiary/aromatic N) is 2. The van der Waals surface area contributed by atoms with E-state index in [2.05, 4.69) is 4.90 Å². The molecule has 0 aromatic heterocycles. The first-order chi connectivity index (χ1) is 9.18. The first-order valence-electron chi connectivity index (χ1n) is 7.37. The van der Waals surface area contributed by atoms with E-state index >= 15 is 0 Å². The number of rotatable bonds is 4. The van der Waals surface area contributed by atoms with Gasteiger partial charge in [0.25, 0.3) is 0 Å². The maximum absolute atomic E-state index is 12.6. The summed E-state index contributed by atoms with van der Waals surface area (Å²) < 4.78 is 23.6. The molecule has 1 amide bonds. The molecule has 1 aliphatic heterocycles. The van der Waals surface area contributed by atoms with Crippen LogP contribution in [0.5, 0.6) is 0 Å². The molecule has 6 heteroatoms. The van der Waals surface area contributed by atoms with Crippen LogP contribution in [0.4, 0.5) is 0 Å². The van der Waals surface area contributed by atoms with Crippen LogP contribution in [0.3, 0.4) is 0 Å². The van der Waals surface area contributed by atoms with Crippen LogP contribution in [0.15, 0.2) is 0 Å². The lowest BCUT2D eigenvalue weighted by atomic mass is 10.0. The number of sulfone groups is 1. The summed E-state index contributed by atoms with van der Waals surface area (Å²) in [6.45, 7) is 4.46. The van der Waals surface area contributed by atoms with E-state index in [4.69, 9.17) is 0 Å². The number of amides is 1. The Morgan fingerprint density at radius 1 is 1.10 bits per heavy atom. The van der Waals surface area contributed by atoms with Gasteiger partial charge in [-0.25, -0.2) is 8.42 Å². The van der Waals surface area contributed by atoms with E-state index < -0.39 is 14.6 Å². The topological polar surface area (TPSA) is 57.7 Å². The van der Waals surface area contributed by atoms with Crippen LogP contribution in [-0.2, 0) is 14.6 Å². The Morgan fingerprint density at radius 2 is 1.60 bits per heavy atom. The van der Waals surface area contributed by atoms with Crippen molar-refractivity contribution in [1.82, 2.24) is 9.80 Å². The fraction of sp³-hybridized carbons (Fsp3) is 0.929. The molecule has 5 nitrogen and oxygen atoms in total. The maximum Gasteiger partial charge on any atom is 0.243 e. The number of hydrogen-bond acceptors (Lipinski definition) is 4. The highest BCUT2D eigenvalue weighted by Crippen LogP contribution is 2.37. The van der Waals surface area contributed by atoms with Crippen LogP contribution in [-0.4, -0.2) is 67.3 Å². The largest absolute Gasteiger partial charge is 0.341 e. The lowest BCUT2D eigenvalue weighted by molar-refractivity contribution is -0.134. The SMILES string of the molecule is CN(C)C1CCN(C(=O)C(C)(C)S(=O)(=O)C2CC2)CC1. The van der Waals surface area contributed by atoms with Gasteiger partial charge in [-0.3, -0.25) is 4.79 Å². The van der Waals surface area contributed by atoms with Crippen LogP contribution in [0, 0.1) is 0 Å². The van der Waals surface area contributed by atoms with Gasteiger partial charge in [-0.1, -0.05) is 0 Å². The van der Waals surface area contributed by atoms with Gasteiger partial charge in [-0.05, 0) is 53.6 Å². The summed E-state index contributed by atoms with van der Waals surface area (Å²) in [5, 5.41) is -0.291. The van der Waals surface area contributed by atoms with Crippen LogP contribution in [0.1, 0.15) is 39.5 Å². The molecule has 0 bridgehead atoms. The molecular weight excluding hydrogens is 276 g/mol. The third-order valence-corrected chi connectivity index (χ3v) is 7.62. The van der Waals surface area contributed by atoms with Gasteiger partial charge in [0, 0.05) is 19.1 Å². The highest BCUT2D eigenvalue weighted by Gasteiger charge is 2.51. The van der Waals surface area contributed by atoms with Gasteiger partial charge in [0.1, 0.15) is 4.75 Å². The van der Waals surface area contributed by atoms with Crippen molar-refractivity contribution in [2.45, 2.75) is 55.6 Å². The molecule has 20 heavy (non-hydrogen) atoms. The predicted molar refractivity (Wildman–Crippen MR) is 79.3 cm³/mol. The second-order valence-corrected chi connectivity index (χ2v) is 9.52. The third-order valence-electron chi connectivity index (χ3n) is 4.67. The van der Waals surface area contributed by atoms with Crippen molar-refractivity contribution in [1.29, 1.82) is 0 Å². The van der Waals surface area contributed by atoms with Gasteiger partial charge >= 0.3 is 0 Å². The summed E-state index contributed by atoms with van der Waals surface area (Å²) >= 11 is 0. The molecule has 0 atom stereocenters. The van der Waals surface area contributed by atoms with E-state index in [1.807, 2.05) is 14.1 Å². The van der Waals surface area contributed by atoms with Crippen molar-refractivity contribution in [2.24, 2.45) is 0 Å². The molecule has 2 rings (SSSR count). The first-order valence-corrected chi connectivity index (χ1v) is 8.92. The van der Waals surface area contributed by atoms with Crippen LogP contribution >= 0.6 is 0 Å². The average Bonchev–Trinajstić information content (AvgIpc) is 3.22. The van der Waals surface area contributed by atoms with Crippen LogP contribution in [0.25, 0.3) is 0 Å². The van der Waals surface area contributed by atoms with Gasteiger partial charge in [-0.15, -0.1) is 0 Å². The number of carbonyl (C=O) groups excluding carboxylic acids is 1. The standard InChI is InChI=1S/C14H26N2O3S/c1-14(2,20(18,19)12-5-6-12)13(17)16-9-7-11(8-10-16)15(3)4/h11-12H,5-10H2,1-4H3. The third kappa shape index (κ3) is 2.72. The minimum absolute atomic E-state index is 0.221. The van der Waals surface area contributed by atoms with Crippen molar-refractivity contribution in [3.05, 3.63) is 0 Å². The lowest BCUT2D eigenvalue weighted by Gasteiger charge is -2.38. The fourth-order valence-electron chi connectivity index (χ4n) is 2.88. The van der Waals surface area contributed by atoms with Crippen LogP contribution in [0.2, 0.25) is 0 Å². The summed E-state index contributed by atoms with van der Waals surface area (Å²) in [5.41, 5.74) is 0. The van der Waals surface area contributed by atoms with Gasteiger partial charge in [-0.2, -0.15) is 0 Å². The first kappa shape index (κ1) is 15.8. The molecule has 2 aliphatic rings. The zero-order valence-corrected chi connectivity index (χ0v) is 13.7. The molecule has 1 aliphatic carbocycles. The van der Waals surface area contributed by atoms with Crippen molar-refractivity contribution in [3.63, 3.8) is 0 Å². The molecule has 0 aromatic rings. The molecule has 0 aromatic carbocycles. The molecule has 116 valence electrons. The summed E-state index contributed by atoms with van der Waals surface area (Å²) in [5.74, 6) is -0.221. The monoisotopic (exact) mass is 302 g/mol. The molecule has 1 saturated carbocycles. The highest BCUT2D eigenvalue weighted by molar-refractivity contribution is 7.94. The molecular formula is C14H26N2O3S. The zero-order valence-electron chi connectivity index (χ0n) is 12.9. The van der Waals surface area contributed by atoms with E-state index in [1.54, 1.807) is 18.7 Å². The Bertz CT molecular complexity index is 473. The van der Waals surface area contributed by atoms with E-state index in [-0.39, 0.29) is 11.2 Å². The zero-order chi connectivity index (χ0) is 15.1. The van der Waals surface area contributed by atoms with Gasteiger partial charge in [0.05, 0.1) is 5.25 Å². The molecule has 1 heterocycles. The molecule has 1 saturated heterocycles. The summed E-state index contributed by atoms with van der Waals surface area (Å²) in [6.07, 6.45) is 3.25. The second kappa shape index (κ2) is 5.30. The van der Waals surface area contributed by atoms with Crippen molar-refractivity contribution >= 4 is 15.7 Å². The quantitative estimate of drug-likeness (QED) is 0.774. The lowest BCUT2D eigenvalue weighted by Crippen LogP contribution is -2.54. The molecule has 0 N–H and O–H groups in total. The van der Waals surface area contributed by atoms with E-state index in [1.165, 1.54) is 0 Å². The number of likely N-dealkylation sites (tertiary alicyclic amines) is 1. The summed E-state index contributed by atoms with van der Waals surface area (Å²) in [4.78, 5) is 16.5. The average molecular weight is 302 g/mol. The summed E-state index contributed by atoms with van der Waals surface area (Å²) in [7, 11) is 0.745. The Morgan fingerprint density at radius 3 is 2.00 bits per heavy atom. The van der Waals surface area contributed by atoms with Crippen molar-refractivity contribution in [3.8, 4) is 0 Å².